The Hall–Kier alpha value is -0.730. The first kappa shape index (κ1) is 10.8. The van der Waals surface area contributed by atoms with Gasteiger partial charge < -0.3 is 10.1 Å². The van der Waals surface area contributed by atoms with Crippen LogP contribution >= 0.6 is 11.6 Å². The molecule has 2 nitrogen and oxygen atoms in total. The lowest BCUT2D eigenvalue weighted by Gasteiger charge is -2.13. The largest absolute Gasteiger partial charge is 0.489 e. The molecule has 3 heteroatoms. The van der Waals surface area contributed by atoms with Crippen molar-refractivity contribution in [2.45, 2.75) is 32.4 Å². The highest BCUT2D eigenvalue weighted by molar-refractivity contribution is 6.32. The highest BCUT2D eigenvalue weighted by Crippen LogP contribution is 2.35. The van der Waals surface area contributed by atoms with Crippen molar-refractivity contribution in [3.63, 3.8) is 0 Å². The predicted molar refractivity (Wildman–Crippen MR) is 62.6 cm³/mol. The molecule has 2 rings (SSSR count). The average molecular weight is 226 g/mol. The average Bonchev–Trinajstić information content (AvgIpc) is 2.95. The van der Waals surface area contributed by atoms with Crippen molar-refractivity contribution in [2.75, 3.05) is 7.05 Å². The lowest BCUT2D eigenvalue weighted by molar-refractivity contribution is 0.299. The maximum absolute atomic E-state index is 6.19. The second-order valence-corrected chi connectivity index (χ2v) is 4.49. The first-order valence-electron chi connectivity index (χ1n) is 5.31. The minimum absolute atomic E-state index is 0.390. The van der Waals surface area contributed by atoms with Gasteiger partial charge in [-0.1, -0.05) is 17.7 Å². The van der Waals surface area contributed by atoms with E-state index in [0.717, 1.165) is 35.7 Å². The van der Waals surface area contributed by atoms with Gasteiger partial charge in [-0.05, 0) is 38.4 Å². The number of aryl methyl sites for hydroxylation is 1. The van der Waals surface area contributed by atoms with Crippen LogP contribution in [0.1, 0.15) is 24.0 Å². The number of nitrogens with one attached hydrogen (secondary N) is 1. The van der Waals surface area contributed by atoms with Gasteiger partial charge in [0, 0.05) is 12.1 Å². The van der Waals surface area contributed by atoms with Gasteiger partial charge >= 0.3 is 0 Å². The van der Waals surface area contributed by atoms with Gasteiger partial charge in [0.25, 0.3) is 0 Å². The van der Waals surface area contributed by atoms with Crippen molar-refractivity contribution in [3.05, 3.63) is 28.3 Å². The van der Waals surface area contributed by atoms with Crippen molar-refractivity contribution in [1.29, 1.82) is 0 Å². The molecule has 1 aliphatic rings. The number of rotatable bonds is 4. The number of hydrogen-bond donors (Lipinski definition) is 1. The van der Waals surface area contributed by atoms with Crippen LogP contribution < -0.4 is 10.1 Å². The fourth-order valence-corrected chi connectivity index (χ4v) is 1.95. The number of ether oxygens (including phenoxy) is 1. The number of halogens is 1. The van der Waals surface area contributed by atoms with Gasteiger partial charge in [0.15, 0.2) is 0 Å². The van der Waals surface area contributed by atoms with E-state index in [1.54, 1.807) is 0 Å². The molecular weight excluding hydrogens is 210 g/mol. The molecule has 15 heavy (non-hydrogen) atoms. The van der Waals surface area contributed by atoms with Crippen LogP contribution in [0.25, 0.3) is 0 Å². The summed E-state index contributed by atoms with van der Waals surface area (Å²) in [5, 5.41) is 3.86. The van der Waals surface area contributed by atoms with Crippen LogP contribution in [0.15, 0.2) is 12.1 Å². The summed E-state index contributed by atoms with van der Waals surface area (Å²) in [6.07, 6.45) is 2.70. The smallest absolute Gasteiger partial charge is 0.142 e. The maximum Gasteiger partial charge on any atom is 0.142 e. The Morgan fingerprint density at radius 1 is 1.47 bits per heavy atom. The van der Waals surface area contributed by atoms with E-state index in [0.29, 0.717) is 6.10 Å². The van der Waals surface area contributed by atoms with Crippen LogP contribution in [0.4, 0.5) is 0 Å². The molecule has 0 aliphatic heterocycles. The summed E-state index contributed by atoms with van der Waals surface area (Å²) in [5.41, 5.74) is 2.32. The van der Waals surface area contributed by atoms with E-state index in [9.17, 15) is 0 Å². The third-order valence-corrected chi connectivity index (χ3v) is 2.72. The van der Waals surface area contributed by atoms with E-state index in [4.69, 9.17) is 16.3 Å². The third-order valence-electron chi connectivity index (χ3n) is 2.44. The molecule has 0 amide bonds. The predicted octanol–water partition coefficient (Wildman–Crippen LogP) is 2.91. The summed E-state index contributed by atoms with van der Waals surface area (Å²) in [6, 6.07) is 4.08. The fraction of sp³-hybridized carbons (Fsp3) is 0.500. The van der Waals surface area contributed by atoms with Gasteiger partial charge in [-0.3, -0.25) is 0 Å². The van der Waals surface area contributed by atoms with Gasteiger partial charge in [0.1, 0.15) is 5.75 Å². The van der Waals surface area contributed by atoms with Crippen molar-refractivity contribution in [1.82, 2.24) is 5.32 Å². The summed E-state index contributed by atoms with van der Waals surface area (Å²) in [5.74, 6) is 0.860. The highest BCUT2D eigenvalue weighted by Gasteiger charge is 2.25. The lowest BCUT2D eigenvalue weighted by Crippen LogP contribution is -2.09. The van der Waals surface area contributed by atoms with E-state index < -0.39 is 0 Å². The molecule has 1 aliphatic carbocycles. The molecule has 0 unspecified atom stereocenters. The second-order valence-electron chi connectivity index (χ2n) is 4.08. The summed E-state index contributed by atoms with van der Waals surface area (Å²) < 4.78 is 5.82. The van der Waals surface area contributed by atoms with Crippen molar-refractivity contribution < 1.29 is 4.74 Å². The van der Waals surface area contributed by atoms with Crippen molar-refractivity contribution in [2.24, 2.45) is 0 Å². The topological polar surface area (TPSA) is 21.3 Å². The Bertz CT molecular complexity index is 361. The normalized spacial score (nSPS) is 15.4. The molecule has 1 N–H and O–H groups in total. The van der Waals surface area contributed by atoms with Crippen LogP contribution in [0.3, 0.4) is 0 Å². The molecule has 0 radical (unpaired) electrons. The molecule has 1 fully saturated rings. The Kier molecular flexibility index (Phi) is 3.17. The van der Waals surface area contributed by atoms with Crippen LogP contribution in [0, 0.1) is 6.92 Å². The van der Waals surface area contributed by atoms with Gasteiger partial charge in [-0.15, -0.1) is 0 Å². The maximum atomic E-state index is 6.19. The molecular formula is C12H16ClNO. The molecule has 1 saturated carbocycles. The zero-order chi connectivity index (χ0) is 10.8. The third kappa shape index (κ3) is 2.64. The van der Waals surface area contributed by atoms with Crippen LogP contribution in [0.5, 0.6) is 5.75 Å². The summed E-state index contributed by atoms with van der Waals surface area (Å²) in [4.78, 5) is 0. The van der Waals surface area contributed by atoms with Crippen LogP contribution in [0.2, 0.25) is 5.02 Å². The minimum atomic E-state index is 0.390. The fourth-order valence-electron chi connectivity index (χ4n) is 1.61. The molecule has 0 bridgehead atoms. The first-order chi connectivity index (χ1) is 7.20. The number of hydrogen-bond acceptors (Lipinski definition) is 2. The SMILES string of the molecule is CNCc1cc(C)cc(Cl)c1OC1CC1. The molecule has 0 spiro atoms. The Balaban J connectivity index is 2.29. The van der Waals surface area contributed by atoms with Gasteiger partial charge in [0.2, 0.25) is 0 Å². The Morgan fingerprint density at radius 3 is 2.80 bits per heavy atom. The first-order valence-corrected chi connectivity index (χ1v) is 5.69. The quantitative estimate of drug-likeness (QED) is 0.851. The van der Waals surface area contributed by atoms with E-state index in [-0.39, 0.29) is 0 Å². The Labute approximate surface area is 95.6 Å². The zero-order valence-electron chi connectivity index (χ0n) is 9.14. The second kappa shape index (κ2) is 4.42. The standard InChI is InChI=1S/C12H16ClNO/c1-8-5-9(7-14-2)12(11(13)6-8)15-10-3-4-10/h5-6,10,14H,3-4,7H2,1-2H3. The molecule has 0 saturated heterocycles. The van der Waals surface area contributed by atoms with Crippen LogP contribution in [-0.4, -0.2) is 13.2 Å². The molecule has 1 aromatic rings. The lowest BCUT2D eigenvalue weighted by atomic mass is 10.1. The van der Waals surface area contributed by atoms with Gasteiger partial charge in [0.05, 0.1) is 11.1 Å². The minimum Gasteiger partial charge on any atom is -0.489 e. The summed E-state index contributed by atoms with van der Waals surface area (Å²) in [6.45, 7) is 2.84. The van der Waals surface area contributed by atoms with Gasteiger partial charge in [-0.25, -0.2) is 0 Å². The van der Waals surface area contributed by atoms with E-state index in [2.05, 4.69) is 11.4 Å². The van der Waals surface area contributed by atoms with Gasteiger partial charge in [-0.2, -0.15) is 0 Å². The molecule has 1 aromatic carbocycles. The van der Waals surface area contributed by atoms with E-state index in [1.807, 2.05) is 20.0 Å². The van der Waals surface area contributed by atoms with E-state index >= 15 is 0 Å². The highest BCUT2D eigenvalue weighted by atomic mass is 35.5. The monoisotopic (exact) mass is 225 g/mol. The molecule has 0 heterocycles. The van der Waals surface area contributed by atoms with E-state index in [1.165, 1.54) is 5.56 Å². The Morgan fingerprint density at radius 2 is 2.20 bits per heavy atom. The summed E-state index contributed by atoms with van der Waals surface area (Å²) in [7, 11) is 1.93. The molecule has 0 aromatic heterocycles. The molecule has 0 atom stereocenters. The molecule has 82 valence electrons. The summed E-state index contributed by atoms with van der Waals surface area (Å²) >= 11 is 6.19. The van der Waals surface area contributed by atoms with Crippen molar-refractivity contribution >= 4 is 11.6 Å². The van der Waals surface area contributed by atoms with Crippen LogP contribution in [-0.2, 0) is 6.54 Å². The van der Waals surface area contributed by atoms with Crippen molar-refractivity contribution in [3.8, 4) is 5.75 Å². The zero-order valence-corrected chi connectivity index (χ0v) is 9.90. The number of benzene rings is 1.